The molecule has 0 aliphatic rings. The molecule has 0 fully saturated rings. The third-order valence-electron chi connectivity index (χ3n) is 4.10. The maximum absolute atomic E-state index is 12.7. The Hall–Kier alpha value is -2.31. The van der Waals surface area contributed by atoms with Gasteiger partial charge in [-0.15, -0.1) is 0 Å². The molecule has 0 amide bonds. The smallest absolute Gasteiger partial charge is 0.262 e. The summed E-state index contributed by atoms with van der Waals surface area (Å²) in [5, 5.41) is 4.78. The van der Waals surface area contributed by atoms with E-state index in [1.165, 1.54) is 11.8 Å². The Bertz CT molecular complexity index is 1040. The van der Waals surface area contributed by atoms with Gasteiger partial charge in [0.1, 0.15) is 0 Å². The predicted molar refractivity (Wildman–Crippen MR) is 104 cm³/mol. The third kappa shape index (κ3) is 4.08. The molecule has 0 unspecified atom stereocenters. The summed E-state index contributed by atoms with van der Waals surface area (Å²) in [6.07, 6.45) is 3.18. The van der Waals surface area contributed by atoms with Crippen LogP contribution in [0, 0.1) is 20.8 Å². The van der Waals surface area contributed by atoms with Gasteiger partial charge in [0.05, 0.1) is 23.3 Å². The van der Waals surface area contributed by atoms with Crippen LogP contribution in [-0.2, 0) is 16.6 Å². The van der Waals surface area contributed by atoms with Gasteiger partial charge in [-0.3, -0.25) is 9.40 Å². The van der Waals surface area contributed by atoms with Crippen molar-refractivity contribution in [2.75, 3.05) is 4.72 Å². The number of rotatable bonds is 5. The van der Waals surface area contributed by atoms with Crippen molar-refractivity contribution in [1.29, 1.82) is 0 Å². The molecule has 1 aromatic heterocycles. The lowest BCUT2D eigenvalue weighted by molar-refractivity contribution is 0.600. The van der Waals surface area contributed by atoms with Gasteiger partial charge in [0.2, 0.25) is 0 Å². The summed E-state index contributed by atoms with van der Waals surface area (Å²) >= 11 is 6.06. The number of hydrogen-bond acceptors (Lipinski definition) is 3. The fourth-order valence-corrected chi connectivity index (χ4v) is 4.20. The lowest BCUT2D eigenvalue weighted by Gasteiger charge is -2.10. The highest BCUT2D eigenvalue weighted by atomic mass is 35.5. The van der Waals surface area contributed by atoms with Crippen LogP contribution in [-0.4, -0.2) is 18.2 Å². The first-order valence-corrected chi connectivity index (χ1v) is 9.98. The molecule has 136 valence electrons. The second-order valence-corrected chi connectivity index (χ2v) is 8.44. The summed E-state index contributed by atoms with van der Waals surface area (Å²) in [5.74, 6) is 0. The molecule has 0 spiro atoms. The number of sulfonamides is 1. The molecular weight excluding hydrogens is 370 g/mol. The number of aryl methyl sites for hydroxylation is 3. The molecule has 7 heteroatoms. The summed E-state index contributed by atoms with van der Waals surface area (Å²) in [6.45, 7) is 6.10. The van der Waals surface area contributed by atoms with E-state index in [2.05, 4.69) is 9.82 Å². The van der Waals surface area contributed by atoms with E-state index < -0.39 is 10.0 Å². The first-order valence-electron chi connectivity index (χ1n) is 8.12. The number of aromatic nitrogens is 2. The summed E-state index contributed by atoms with van der Waals surface area (Å²) in [4.78, 5) is 0.214. The molecule has 26 heavy (non-hydrogen) atoms. The van der Waals surface area contributed by atoms with Crippen LogP contribution in [0.15, 0.2) is 53.7 Å². The highest BCUT2D eigenvalue weighted by Crippen LogP contribution is 2.25. The number of nitrogens with one attached hydrogen (secondary N) is 1. The molecule has 1 N–H and O–H groups in total. The van der Waals surface area contributed by atoms with Crippen LogP contribution >= 0.6 is 11.6 Å². The minimum atomic E-state index is -3.71. The van der Waals surface area contributed by atoms with Gasteiger partial charge < -0.3 is 0 Å². The predicted octanol–water partition coefficient (Wildman–Crippen LogP) is 4.31. The van der Waals surface area contributed by atoms with Gasteiger partial charge in [-0.05, 0) is 49.6 Å². The average molecular weight is 390 g/mol. The van der Waals surface area contributed by atoms with Crippen molar-refractivity contribution < 1.29 is 8.42 Å². The van der Waals surface area contributed by atoms with E-state index in [-0.39, 0.29) is 4.90 Å². The molecule has 2 aromatic carbocycles. The Morgan fingerprint density at radius 3 is 2.46 bits per heavy atom. The Morgan fingerprint density at radius 1 is 1.08 bits per heavy atom. The molecule has 0 radical (unpaired) electrons. The van der Waals surface area contributed by atoms with E-state index in [0.717, 1.165) is 5.56 Å². The van der Waals surface area contributed by atoms with E-state index >= 15 is 0 Å². The summed E-state index contributed by atoms with van der Waals surface area (Å²) in [5.41, 5.74) is 4.02. The third-order valence-corrected chi connectivity index (χ3v) is 6.03. The lowest BCUT2D eigenvalue weighted by Crippen LogP contribution is -2.14. The molecule has 0 saturated carbocycles. The van der Waals surface area contributed by atoms with Crippen molar-refractivity contribution in [3.63, 3.8) is 0 Å². The van der Waals surface area contributed by atoms with Crippen molar-refractivity contribution in [1.82, 2.24) is 9.78 Å². The molecule has 1 heterocycles. The Morgan fingerprint density at radius 2 is 1.77 bits per heavy atom. The molecule has 3 aromatic rings. The molecule has 0 atom stereocenters. The maximum Gasteiger partial charge on any atom is 0.262 e. The van der Waals surface area contributed by atoms with Crippen LogP contribution < -0.4 is 4.72 Å². The fraction of sp³-hybridized carbons (Fsp3) is 0.211. The largest absolute Gasteiger partial charge is 0.276 e. The minimum Gasteiger partial charge on any atom is -0.276 e. The number of nitrogens with zero attached hydrogens (tertiary/aromatic N) is 2. The first-order chi connectivity index (χ1) is 12.2. The van der Waals surface area contributed by atoms with Crippen LogP contribution in [0.3, 0.4) is 0 Å². The molecule has 0 bridgehead atoms. The molecule has 0 aliphatic heterocycles. The van der Waals surface area contributed by atoms with E-state index in [4.69, 9.17) is 11.6 Å². The minimum absolute atomic E-state index is 0.214. The van der Waals surface area contributed by atoms with Crippen molar-refractivity contribution in [3.8, 4) is 0 Å². The monoisotopic (exact) mass is 389 g/mol. The summed E-state index contributed by atoms with van der Waals surface area (Å²) in [6, 6.07) is 11.4. The fourth-order valence-electron chi connectivity index (χ4n) is 2.64. The summed E-state index contributed by atoms with van der Waals surface area (Å²) < 4.78 is 29.7. The molecule has 0 saturated heterocycles. The van der Waals surface area contributed by atoms with Gasteiger partial charge >= 0.3 is 0 Å². The van der Waals surface area contributed by atoms with E-state index in [0.29, 0.717) is 28.4 Å². The van der Waals surface area contributed by atoms with Crippen molar-refractivity contribution >= 4 is 27.3 Å². The second-order valence-electron chi connectivity index (χ2n) is 6.38. The zero-order valence-electron chi connectivity index (χ0n) is 14.8. The van der Waals surface area contributed by atoms with Crippen LogP contribution in [0.4, 0.5) is 5.69 Å². The van der Waals surface area contributed by atoms with Gasteiger partial charge in [-0.1, -0.05) is 41.4 Å². The zero-order chi connectivity index (χ0) is 18.9. The normalized spacial score (nSPS) is 11.5. The van der Waals surface area contributed by atoms with Crippen LogP contribution in [0.1, 0.15) is 22.3 Å². The van der Waals surface area contributed by atoms with Gasteiger partial charge in [-0.2, -0.15) is 5.10 Å². The van der Waals surface area contributed by atoms with Crippen LogP contribution in [0.25, 0.3) is 0 Å². The molecule has 5 nitrogen and oxygen atoms in total. The van der Waals surface area contributed by atoms with Gasteiger partial charge in [0.15, 0.2) is 0 Å². The van der Waals surface area contributed by atoms with Crippen LogP contribution in [0.2, 0.25) is 5.02 Å². The highest BCUT2D eigenvalue weighted by Gasteiger charge is 2.19. The highest BCUT2D eigenvalue weighted by molar-refractivity contribution is 7.92. The van der Waals surface area contributed by atoms with E-state index in [1.807, 2.05) is 31.2 Å². The topological polar surface area (TPSA) is 64.0 Å². The second kappa shape index (κ2) is 7.13. The lowest BCUT2D eigenvalue weighted by atomic mass is 10.1. The Kier molecular flexibility index (Phi) is 5.07. The first kappa shape index (κ1) is 18.5. The Labute approximate surface area is 158 Å². The quantitative estimate of drug-likeness (QED) is 0.707. The maximum atomic E-state index is 12.7. The number of anilines is 1. The number of hydrogen-bond donors (Lipinski definition) is 1. The average Bonchev–Trinajstić information content (AvgIpc) is 2.99. The number of halogens is 1. The van der Waals surface area contributed by atoms with Crippen molar-refractivity contribution in [3.05, 3.63) is 76.1 Å². The van der Waals surface area contributed by atoms with Crippen LogP contribution in [0.5, 0.6) is 0 Å². The SMILES string of the molecule is Cc1ccc(Cn2cc(NS(=O)(=O)c3cc(C)c(Cl)cc3C)cn2)cc1. The molecule has 3 rings (SSSR count). The zero-order valence-corrected chi connectivity index (χ0v) is 16.4. The van der Waals surface area contributed by atoms with E-state index in [9.17, 15) is 8.42 Å². The van der Waals surface area contributed by atoms with Gasteiger partial charge in [-0.25, -0.2) is 8.42 Å². The van der Waals surface area contributed by atoms with Crippen molar-refractivity contribution in [2.24, 2.45) is 0 Å². The molecular formula is C19H20ClN3O2S. The number of benzene rings is 2. The standard InChI is InChI=1S/C19H20ClN3O2S/c1-13-4-6-16(7-5-13)11-23-12-17(10-21-23)22-26(24,25)19-9-14(2)18(20)8-15(19)3/h4-10,12,22H,11H2,1-3H3. The molecule has 0 aliphatic carbocycles. The van der Waals surface area contributed by atoms with Gasteiger partial charge in [0.25, 0.3) is 10.0 Å². The Balaban J connectivity index is 1.80. The summed E-state index contributed by atoms with van der Waals surface area (Å²) in [7, 11) is -3.71. The van der Waals surface area contributed by atoms with Gasteiger partial charge in [0, 0.05) is 11.2 Å². The van der Waals surface area contributed by atoms with Crippen molar-refractivity contribution in [2.45, 2.75) is 32.2 Å². The van der Waals surface area contributed by atoms with E-state index in [1.54, 1.807) is 36.9 Å².